The van der Waals surface area contributed by atoms with Gasteiger partial charge in [0.2, 0.25) is 0 Å². The van der Waals surface area contributed by atoms with Crippen LogP contribution in [0.2, 0.25) is 0 Å². The predicted octanol–water partition coefficient (Wildman–Crippen LogP) is 1.26. The van der Waals surface area contributed by atoms with Crippen molar-refractivity contribution in [1.82, 2.24) is 0 Å². The van der Waals surface area contributed by atoms with E-state index in [2.05, 4.69) is 0 Å². The first kappa shape index (κ1) is 8.18. The van der Waals surface area contributed by atoms with E-state index in [1.54, 1.807) is 0 Å². The summed E-state index contributed by atoms with van der Waals surface area (Å²) in [5.41, 5.74) is 5.39. The third-order valence-electron chi connectivity index (χ3n) is 1.41. The van der Waals surface area contributed by atoms with Gasteiger partial charge < -0.3 is 5.73 Å². The van der Waals surface area contributed by atoms with Crippen LogP contribution in [0.3, 0.4) is 0 Å². The molecule has 1 saturated carbocycles. The van der Waals surface area contributed by atoms with Gasteiger partial charge in [-0.1, -0.05) is 0 Å². The van der Waals surface area contributed by atoms with E-state index in [9.17, 15) is 4.39 Å². The maximum Gasteiger partial charge on any atom is 0.102 e. The lowest BCUT2D eigenvalue weighted by Gasteiger charge is -1.94. The molecule has 0 amide bonds. The summed E-state index contributed by atoms with van der Waals surface area (Å²) in [5.74, 6) is 0. The number of hydrogen-bond acceptors (Lipinski definition) is 1. The highest BCUT2D eigenvalue weighted by Crippen LogP contribution is 2.19. The van der Waals surface area contributed by atoms with Crippen molar-refractivity contribution in [3.63, 3.8) is 0 Å². The Kier molecular flexibility index (Phi) is 3.33. The van der Waals surface area contributed by atoms with Gasteiger partial charge in [-0.15, -0.1) is 12.4 Å². The van der Waals surface area contributed by atoms with Gasteiger partial charge in [0.25, 0.3) is 0 Å². The Balaban J connectivity index is 0.000000490. The van der Waals surface area contributed by atoms with Gasteiger partial charge in [0.05, 0.1) is 0 Å². The summed E-state index contributed by atoms with van der Waals surface area (Å²) < 4.78 is 12.1. The Hall–Kier alpha value is 0.180. The minimum Gasteiger partial charge on any atom is -0.328 e. The molecule has 1 rings (SSSR count). The van der Waals surface area contributed by atoms with Crippen LogP contribution in [0.1, 0.15) is 19.3 Å². The summed E-state index contributed by atoms with van der Waals surface area (Å²) in [6.45, 7) is 0. The molecule has 50 valence electrons. The molecule has 1 nitrogen and oxygen atoms in total. The minimum absolute atomic E-state index is 0. The quantitative estimate of drug-likeness (QED) is 0.537. The van der Waals surface area contributed by atoms with Gasteiger partial charge in [-0.25, -0.2) is 4.39 Å². The van der Waals surface area contributed by atoms with Crippen LogP contribution < -0.4 is 5.73 Å². The van der Waals surface area contributed by atoms with Crippen molar-refractivity contribution in [2.24, 2.45) is 5.73 Å². The second-order valence-corrected chi connectivity index (χ2v) is 2.17. The second kappa shape index (κ2) is 3.25. The van der Waals surface area contributed by atoms with Crippen molar-refractivity contribution >= 4 is 12.4 Å². The molecule has 0 bridgehead atoms. The fourth-order valence-corrected chi connectivity index (χ4v) is 0.959. The Morgan fingerprint density at radius 2 is 2.00 bits per heavy atom. The minimum atomic E-state index is -0.602. The molecule has 2 N–H and O–H groups in total. The van der Waals surface area contributed by atoms with Crippen molar-refractivity contribution < 1.29 is 4.39 Å². The van der Waals surface area contributed by atoms with Crippen LogP contribution in [0.4, 0.5) is 4.39 Å². The summed E-state index contributed by atoms with van der Waals surface area (Å²) >= 11 is 0. The first-order valence-electron chi connectivity index (χ1n) is 2.68. The third kappa shape index (κ3) is 1.97. The van der Waals surface area contributed by atoms with Gasteiger partial charge >= 0.3 is 0 Å². The number of nitrogens with two attached hydrogens (primary N) is 1. The van der Waals surface area contributed by atoms with E-state index in [0.717, 1.165) is 6.42 Å². The fraction of sp³-hybridized carbons (Fsp3) is 1.00. The first-order valence-corrected chi connectivity index (χ1v) is 2.68. The molecule has 0 radical (unpaired) electrons. The highest BCUT2D eigenvalue weighted by atomic mass is 35.5. The molecule has 2 atom stereocenters. The lowest BCUT2D eigenvalue weighted by atomic mass is 10.3. The monoisotopic (exact) mass is 139 g/mol. The van der Waals surface area contributed by atoms with Crippen molar-refractivity contribution in [1.29, 1.82) is 0 Å². The van der Waals surface area contributed by atoms with Crippen molar-refractivity contribution in [2.75, 3.05) is 0 Å². The lowest BCUT2D eigenvalue weighted by molar-refractivity contribution is 0.339. The molecule has 0 aromatic heterocycles. The molecule has 0 aliphatic heterocycles. The Morgan fingerprint density at radius 3 is 2.12 bits per heavy atom. The molecule has 3 heteroatoms. The first-order chi connectivity index (χ1) is 3.29. The van der Waals surface area contributed by atoms with Crippen molar-refractivity contribution in [3.05, 3.63) is 0 Å². The van der Waals surface area contributed by atoms with E-state index in [1.807, 2.05) is 0 Å². The molecule has 0 heterocycles. The van der Waals surface area contributed by atoms with Crippen LogP contribution >= 0.6 is 12.4 Å². The van der Waals surface area contributed by atoms with Gasteiger partial charge in [0, 0.05) is 6.04 Å². The van der Waals surface area contributed by atoms with Gasteiger partial charge in [0.1, 0.15) is 6.17 Å². The molecule has 8 heavy (non-hydrogen) atoms. The van der Waals surface area contributed by atoms with Crippen LogP contribution in [0.5, 0.6) is 0 Å². The fourth-order valence-electron chi connectivity index (χ4n) is 0.959. The van der Waals surface area contributed by atoms with E-state index in [1.165, 1.54) is 0 Å². The van der Waals surface area contributed by atoms with Crippen molar-refractivity contribution in [3.8, 4) is 0 Å². The van der Waals surface area contributed by atoms with Crippen LogP contribution in [0.15, 0.2) is 0 Å². The average Bonchev–Trinajstić information content (AvgIpc) is 1.87. The van der Waals surface area contributed by atoms with E-state index in [-0.39, 0.29) is 18.4 Å². The molecular weight excluding hydrogens is 129 g/mol. The largest absolute Gasteiger partial charge is 0.328 e. The predicted molar refractivity (Wildman–Crippen MR) is 34.0 cm³/mol. The summed E-state index contributed by atoms with van der Waals surface area (Å²) in [6, 6.07) is 0.148. The van der Waals surface area contributed by atoms with Gasteiger partial charge in [-0.2, -0.15) is 0 Å². The second-order valence-electron chi connectivity index (χ2n) is 2.17. The van der Waals surface area contributed by atoms with Gasteiger partial charge in [-0.05, 0) is 19.3 Å². The molecule has 0 aromatic carbocycles. The molecular formula is C5H11ClFN. The zero-order chi connectivity index (χ0) is 5.28. The normalized spacial score (nSPS) is 36.8. The summed E-state index contributed by atoms with van der Waals surface area (Å²) in [5, 5.41) is 0. The van der Waals surface area contributed by atoms with Crippen LogP contribution in [0.25, 0.3) is 0 Å². The van der Waals surface area contributed by atoms with Crippen LogP contribution in [-0.4, -0.2) is 12.2 Å². The van der Waals surface area contributed by atoms with Crippen LogP contribution in [0, 0.1) is 0 Å². The number of alkyl halides is 1. The number of hydrogen-bond donors (Lipinski definition) is 1. The zero-order valence-electron chi connectivity index (χ0n) is 4.64. The summed E-state index contributed by atoms with van der Waals surface area (Å²) in [4.78, 5) is 0. The summed E-state index contributed by atoms with van der Waals surface area (Å²) in [7, 11) is 0. The van der Waals surface area contributed by atoms with Gasteiger partial charge in [-0.3, -0.25) is 0 Å². The molecule has 0 unspecified atom stereocenters. The Labute approximate surface area is 54.9 Å². The molecule has 1 aliphatic carbocycles. The van der Waals surface area contributed by atoms with E-state index >= 15 is 0 Å². The smallest absolute Gasteiger partial charge is 0.102 e. The topological polar surface area (TPSA) is 26.0 Å². The SMILES string of the molecule is Cl.N[C@@H]1CC[C@H](F)C1. The van der Waals surface area contributed by atoms with Crippen LogP contribution in [-0.2, 0) is 0 Å². The third-order valence-corrected chi connectivity index (χ3v) is 1.41. The molecule has 0 aromatic rings. The zero-order valence-corrected chi connectivity index (χ0v) is 5.46. The van der Waals surface area contributed by atoms with E-state index < -0.39 is 6.17 Å². The van der Waals surface area contributed by atoms with E-state index in [4.69, 9.17) is 5.73 Å². The van der Waals surface area contributed by atoms with Gasteiger partial charge in [0.15, 0.2) is 0 Å². The average molecular weight is 140 g/mol. The van der Waals surface area contributed by atoms with Crippen molar-refractivity contribution in [2.45, 2.75) is 31.5 Å². The molecule has 0 spiro atoms. The maximum absolute atomic E-state index is 12.1. The Bertz CT molecular complexity index is 61.4. The number of halogens is 2. The Morgan fingerprint density at radius 1 is 1.38 bits per heavy atom. The standard InChI is InChI=1S/C5H10FN.ClH/c6-4-1-2-5(7)3-4;/h4-5H,1-3,7H2;1H/t4-,5+;/m0./s1. The molecule has 0 saturated heterocycles. The highest BCUT2D eigenvalue weighted by molar-refractivity contribution is 5.85. The summed E-state index contributed by atoms with van der Waals surface area (Å²) in [6.07, 6.45) is 1.54. The molecule has 1 fully saturated rings. The maximum atomic E-state index is 12.1. The highest BCUT2D eigenvalue weighted by Gasteiger charge is 2.19. The molecule has 1 aliphatic rings. The lowest BCUT2D eigenvalue weighted by Crippen LogP contribution is -2.14. The number of rotatable bonds is 0. The van der Waals surface area contributed by atoms with E-state index in [0.29, 0.717) is 12.8 Å².